The number of benzene rings is 1. The van der Waals surface area contributed by atoms with Crippen LogP contribution in [0.2, 0.25) is 0 Å². The van der Waals surface area contributed by atoms with Crippen LogP contribution in [0, 0.1) is 6.92 Å². The van der Waals surface area contributed by atoms with Crippen molar-refractivity contribution in [3.63, 3.8) is 0 Å². The van der Waals surface area contributed by atoms with Gasteiger partial charge in [-0.05, 0) is 24.6 Å². The van der Waals surface area contributed by atoms with Crippen molar-refractivity contribution in [3.8, 4) is 5.75 Å². The van der Waals surface area contributed by atoms with Crippen molar-refractivity contribution in [2.45, 2.75) is 6.92 Å². The first kappa shape index (κ1) is 9.38. The monoisotopic (exact) mass is 181 g/mol. The van der Waals surface area contributed by atoms with Crippen LogP contribution in [0.3, 0.4) is 0 Å². The normalized spacial score (nSPS) is 9.38. The van der Waals surface area contributed by atoms with Gasteiger partial charge >= 0.3 is 6.09 Å². The van der Waals surface area contributed by atoms with Gasteiger partial charge in [0.15, 0.2) is 0 Å². The number of rotatable bonds is 1. The molecule has 0 aliphatic heterocycles. The molecular formula is C9H11NO3. The number of anilines is 1. The molecule has 70 valence electrons. The van der Waals surface area contributed by atoms with Crippen LogP contribution >= 0.6 is 0 Å². The van der Waals surface area contributed by atoms with Gasteiger partial charge in [0.2, 0.25) is 0 Å². The lowest BCUT2D eigenvalue weighted by molar-refractivity contribution is 0.187. The number of phenolic OH excluding ortho intramolecular Hbond substituents is 1. The van der Waals surface area contributed by atoms with Gasteiger partial charge < -0.3 is 9.84 Å². The van der Waals surface area contributed by atoms with Gasteiger partial charge in [-0.3, -0.25) is 5.32 Å². The van der Waals surface area contributed by atoms with E-state index in [1.54, 1.807) is 12.1 Å². The first-order chi connectivity index (χ1) is 6.13. The fraction of sp³-hybridized carbons (Fsp3) is 0.222. The van der Waals surface area contributed by atoms with Crippen molar-refractivity contribution < 1.29 is 14.6 Å². The van der Waals surface area contributed by atoms with Crippen molar-refractivity contribution in [3.05, 3.63) is 23.8 Å². The summed E-state index contributed by atoms with van der Waals surface area (Å²) >= 11 is 0. The number of aryl methyl sites for hydroxylation is 1. The van der Waals surface area contributed by atoms with Gasteiger partial charge in [0.1, 0.15) is 5.75 Å². The standard InChI is InChI=1S/C9H11NO3/c1-6-3-4-8(11)7(5-6)10-9(12)13-2/h3-5,11H,1-2H3,(H,10,12). The number of methoxy groups -OCH3 is 1. The Balaban J connectivity index is 2.87. The highest BCUT2D eigenvalue weighted by Gasteiger charge is 2.04. The number of phenols is 1. The molecule has 0 atom stereocenters. The predicted molar refractivity (Wildman–Crippen MR) is 48.9 cm³/mol. The van der Waals surface area contributed by atoms with Crippen LogP contribution in [0.25, 0.3) is 0 Å². The summed E-state index contributed by atoms with van der Waals surface area (Å²) in [4.78, 5) is 10.8. The summed E-state index contributed by atoms with van der Waals surface area (Å²) < 4.78 is 4.39. The highest BCUT2D eigenvalue weighted by atomic mass is 16.5. The van der Waals surface area contributed by atoms with Crippen LogP contribution in [0.5, 0.6) is 5.75 Å². The number of amides is 1. The van der Waals surface area contributed by atoms with E-state index in [1.165, 1.54) is 13.2 Å². The maximum absolute atomic E-state index is 10.8. The lowest BCUT2D eigenvalue weighted by atomic mass is 10.2. The quantitative estimate of drug-likeness (QED) is 0.650. The van der Waals surface area contributed by atoms with E-state index in [4.69, 9.17) is 0 Å². The molecule has 4 nitrogen and oxygen atoms in total. The molecule has 1 aromatic rings. The van der Waals surface area contributed by atoms with Crippen LogP contribution in [0.4, 0.5) is 10.5 Å². The van der Waals surface area contributed by atoms with E-state index in [9.17, 15) is 9.90 Å². The zero-order valence-corrected chi connectivity index (χ0v) is 7.50. The molecule has 0 aromatic heterocycles. The van der Waals surface area contributed by atoms with Gasteiger partial charge in [0, 0.05) is 0 Å². The molecule has 0 fully saturated rings. The Morgan fingerprint density at radius 3 is 2.85 bits per heavy atom. The van der Waals surface area contributed by atoms with E-state index < -0.39 is 6.09 Å². The molecule has 1 aromatic carbocycles. The van der Waals surface area contributed by atoms with Crippen molar-refractivity contribution in [1.29, 1.82) is 0 Å². The van der Waals surface area contributed by atoms with E-state index in [1.807, 2.05) is 6.92 Å². The minimum absolute atomic E-state index is 0.0241. The molecule has 0 radical (unpaired) electrons. The predicted octanol–water partition coefficient (Wildman–Crippen LogP) is 1.88. The van der Waals surface area contributed by atoms with Crippen molar-refractivity contribution in [1.82, 2.24) is 0 Å². The second-order valence-corrected chi connectivity index (χ2v) is 2.64. The Labute approximate surface area is 76.1 Å². The van der Waals surface area contributed by atoms with Crippen molar-refractivity contribution in [2.75, 3.05) is 12.4 Å². The van der Waals surface area contributed by atoms with Crippen molar-refractivity contribution >= 4 is 11.8 Å². The van der Waals surface area contributed by atoms with Gasteiger partial charge in [0.05, 0.1) is 12.8 Å². The Morgan fingerprint density at radius 2 is 2.23 bits per heavy atom. The fourth-order valence-corrected chi connectivity index (χ4v) is 0.911. The van der Waals surface area contributed by atoms with Gasteiger partial charge in [-0.25, -0.2) is 4.79 Å². The summed E-state index contributed by atoms with van der Waals surface area (Å²) in [7, 11) is 1.27. The molecule has 1 rings (SSSR count). The summed E-state index contributed by atoms with van der Waals surface area (Å²) in [5, 5.41) is 11.7. The molecule has 0 saturated heterocycles. The molecule has 0 saturated carbocycles. The molecule has 0 aliphatic carbocycles. The number of aromatic hydroxyl groups is 1. The molecule has 0 bridgehead atoms. The zero-order chi connectivity index (χ0) is 9.84. The average Bonchev–Trinajstić information content (AvgIpc) is 2.11. The Hall–Kier alpha value is -1.71. The van der Waals surface area contributed by atoms with Gasteiger partial charge in [-0.15, -0.1) is 0 Å². The minimum Gasteiger partial charge on any atom is -0.506 e. The molecule has 4 heteroatoms. The summed E-state index contributed by atoms with van der Waals surface area (Å²) in [6, 6.07) is 4.92. The number of hydrogen-bond acceptors (Lipinski definition) is 3. The van der Waals surface area contributed by atoms with E-state index in [0.717, 1.165) is 5.56 Å². The van der Waals surface area contributed by atoms with Crippen LogP contribution in [0.1, 0.15) is 5.56 Å². The van der Waals surface area contributed by atoms with Crippen LogP contribution < -0.4 is 5.32 Å². The molecule has 0 unspecified atom stereocenters. The van der Waals surface area contributed by atoms with Gasteiger partial charge in [-0.1, -0.05) is 6.07 Å². The number of carbonyl (C=O) groups is 1. The molecule has 1 amide bonds. The number of ether oxygens (including phenoxy) is 1. The smallest absolute Gasteiger partial charge is 0.411 e. The maximum Gasteiger partial charge on any atom is 0.411 e. The lowest BCUT2D eigenvalue weighted by Crippen LogP contribution is -2.10. The summed E-state index contributed by atoms with van der Waals surface area (Å²) in [5.74, 6) is 0.0241. The Kier molecular flexibility index (Phi) is 2.74. The first-order valence-corrected chi connectivity index (χ1v) is 3.78. The second-order valence-electron chi connectivity index (χ2n) is 2.64. The molecule has 0 heterocycles. The maximum atomic E-state index is 10.8. The topological polar surface area (TPSA) is 58.6 Å². The second kappa shape index (κ2) is 3.80. The molecule has 13 heavy (non-hydrogen) atoms. The van der Waals surface area contributed by atoms with Gasteiger partial charge in [0.25, 0.3) is 0 Å². The van der Waals surface area contributed by atoms with E-state index >= 15 is 0 Å². The summed E-state index contributed by atoms with van der Waals surface area (Å²) in [6.07, 6.45) is -0.596. The molecule has 0 aliphatic rings. The third kappa shape index (κ3) is 2.37. The molecule has 0 spiro atoms. The highest BCUT2D eigenvalue weighted by molar-refractivity contribution is 5.86. The SMILES string of the molecule is COC(=O)Nc1cc(C)ccc1O. The summed E-state index contributed by atoms with van der Waals surface area (Å²) in [5.41, 5.74) is 1.30. The number of carbonyl (C=O) groups excluding carboxylic acids is 1. The minimum atomic E-state index is -0.596. The summed E-state index contributed by atoms with van der Waals surface area (Å²) in [6.45, 7) is 1.86. The van der Waals surface area contributed by atoms with E-state index in [2.05, 4.69) is 10.1 Å². The third-order valence-electron chi connectivity index (χ3n) is 1.57. The Bertz CT molecular complexity index is 323. The number of hydrogen-bond donors (Lipinski definition) is 2. The zero-order valence-electron chi connectivity index (χ0n) is 7.50. The van der Waals surface area contributed by atoms with Crippen LogP contribution in [-0.4, -0.2) is 18.3 Å². The van der Waals surface area contributed by atoms with Crippen LogP contribution in [0.15, 0.2) is 18.2 Å². The molecular weight excluding hydrogens is 170 g/mol. The third-order valence-corrected chi connectivity index (χ3v) is 1.57. The number of nitrogens with one attached hydrogen (secondary N) is 1. The Morgan fingerprint density at radius 1 is 1.54 bits per heavy atom. The highest BCUT2D eigenvalue weighted by Crippen LogP contribution is 2.23. The van der Waals surface area contributed by atoms with Gasteiger partial charge in [-0.2, -0.15) is 0 Å². The average molecular weight is 181 g/mol. The van der Waals surface area contributed by atoms with E-state index in [-0.39, 0.29) is 5.75 Å². The van der Waals surface area contributed by atoms with E-state index in [0.29, 0.717) is 5.69 Å². The van der Waals surface area contributed by atoms with Crippen LogP contribution in [-0.2, 0) is 4.74 Å². The largest absolute Gasteiger partial charge is 0.506 e. The lowest BCUT2D eigenvalue weighted by Gasteiger charge is -2.06. The van der Waals surface area contributed by atoms with Crippen molar-refractivity contribution in [2.24, 2.45) is 0 Å². The molecule has 2 N–H and O–H groups in total. The first-order valence-electron chi connectivity index (χ1n) is 3.78. The fourth-order valence-electron chi connectivity index (χ4n) is 0.911.